The van der Waals surface area contributed by atoms with Crippen molar-refractivity contribution < 1.29 is 9.47 Å². The lowest BCUT2D eigenvalue weighted by Crippen LogP contribution is -2.44. The van der Waals surface area contributed by atoms with E-state index in [1.54, 1.807) is 12.7 Å². The van der Waals surface area contributed by atoms with Crippen LogP contribution in [0.15, 0.2) is 11.6 Å². The summed E-state index contributed by atoms with van der Waals surface area (Å²) in [7, 11) is 1.80. The molecule has 3 heteroatoms. The van der Waals surface area contributed by atoms with E-state index in [2.05, 4.69) is 25.2 Å². The number of hydrogen-bond acceptors (Lipinski definition) is 3. The van der Waals surface area contributed by atoms with Crippen molar-refractivity contribution in [1.82, 2.24) is 5.32 Å². The number of hydrogen-bond donors (Lipinski definition) is 1. The Labute approximate surface area is 111 Å². The Bertz CT molecular complexity index is 295. The molecule has 0 saturated carbocycles. The van der Waals surface area contributed by atoms with Gasteiger partial charge in [0.1, 0.15) is 5.60 Å². The van der Waals surface area contributed by atoms with Gasteiger partial charge in [0.05, 0.1) is 6.61 Å². The van der Waals surface area contributed by atoms with Crippen LogP contribution >= 0.6 is 0 Å². The van der Waals surface area contributed by atoms with Gasteiger partial charge < -0.3 is 14.8 Å². The zero-order chi connectivity index (χ0) is 13.0. The van der Waals surface area contributed by atoms with Gasteiger partial charge in [0.25, 0.3) is 0 Å². The van der Waals surface area contributed by atoms with Crippen LogP contribution in [0.25, 0.3) is 0 Å². The van der Waals surface area contributed by atoms with E-state index in [0.29, 0.717) is 0 Å². The third-order valence-corrected chi connectivity index (χ3v) is 4.27. The normalized spacial score (nSPS) is 36.7. The zero-order valence-corrected chi connectivity index (χ0v) is 12.0. The van der Waals surface area contributed by atoms with Gasteiger partial charge in [-0.25, -0.2) is 0 Å². The molecule has 1 aliphatic carbocycles. The lowest BCUT2D eigenvalue weighted by molar-refractivity contribution is -0.0162. The number of ether oxygens (including phenoxy) is 2. The van der Waals surface area contributed by atoms with E-state index in [4.69, 9.17) is 9.47 Å². The molecule has 3 atom stereocenters. The van der Waals surface area contributed by atoms with Crippen molar-refractivity contribution in [3.63, 3.8) is 0 Å². The molecule has 0 spiro atoms. The molecule has 0 radical (unpaired) electrons. The van der Waals surface area contributed by atoms with Crippen LogP contribution in [0.3, 0.4) is 0 Å². The van der Waals surface area contributed by atoms with Crippen molar-refractivity contribution in [3.8, 4) is 0 Å². The molecule has 1 N–H and O–H groups in total. The molecule has 0 amide bonds. The summed E-state index contributed by atoms with van der Waals surface area (Å²) < 4.78 is 11.1. The van der Waals surface area contributed by atoms with Crippen LogP contribution < -0.4 is 5.32 Å². The summed E-state index contributed by atoms with van der Waals surface area (Å²) in [6.07, 6.45) is 5.98. The fourth-order valence-electron chi connectivity index (χ4n) is 3.31. The van der Waals surface area contributed by atoms with Gasteiger partial charge in [-0.3, -0.25) is 0 Å². The SMILES string of the molecule is COC1(CNCC2CC(C)=CC(C)C2)CCOC1. The van der Waals surface area contributed by atoms with Crippen LogP contribution in [0.4, 0.5) is 0 Å². The molecule has 2 rings (SSSR count). The zero-order valence-electron chi connectivity index (χ0n) is 12.0. The first kappa shape index (κ1) is 14.0. The van der Waals surface area contributed by atoms with Crippen molar-refractivity contribution in [3.05, 3.63) is 11.6 Å². The van der Waals surface area contributed by atoms with E-state index < -0.39 is 0 Å². The number of rotatable bonds is 5. The van der Waals surface area contributed by atoms with Crippen LogP contribution in [0.2, 0.25) is 0 Å². The molecular formula is C15H27NO2. The van der Waals surface area contributed by atoms with Crippen LogP contribution in [-0.4, -0.2) is 39.0 Å². The maximum Gasteiger partial charge on any atom is 0.106 e. The highest BCUT2D eigenvalue weighted by molar-refractivity contribution is 5.06. The maximum absolute atomic E-state index is 5.63. The van der Waals surface area contributed by atoms with E-state index >= 15 is 0 Å². The van der Waals surface area contributed by atoms with E-state index in [0.717, 1.165) is 44.6 Å². The molecule has 0 aromatic carbocycles. The molecule has 18 heavy (non-hydrogen) atoms. The van der Waals surface area contributed by atoms with E-state index in [1.165, 1.54) is 12.8 Å². The second-order valence-electron chi connectivity index (χ2n) is 6.12. The summed E-state index contributed by atoms with van der Waals surface area (Å²) in [6, 6.07) is 0. The molecule has 0 aromatic rings. The fourth-order valence-corrected chi connectivity index (χ4v) is 3.31. The summed E-state index contributed by atoms with van der Waals surface area (Å²) in [4.78, 5) is 0. The van der Waals surface area contributed by atoms with Crippen molar-refractivity contribution in [2.75, 3.05) is 33.4 Å². The van der Waals surface area contributed by atoms with Crippen molar-refractivity contribution in [2.45, 2.75) is 38.7 Å². The van der Waals surface area contributed by atoms with Crippen LogP contribution in [0.5, 0.6) is 0 Å². The molecule has 1 saturated heterocycles. The minimum absolute atomic E-state index is 0.0782. The lowest BCUT2D eigenvalue weighted by Gasteiger charge is -2.29. The Hall–Kier alpha value is -0.380. The molecular weight excluding hydrogens is 226 g/mol. The van der Waals surface area contributed by atoms with E-state index in [-0.39, 0.29) is 5.60 Å². The fraction of sp³-hybridized carbons (Fsp3) is 0.867. The number of methoxy groups -OCH3 is 1. The molecule has 1 fully saturated rings. The van der Waals surface area contributed by atoms with Crippen LogP contribution in [0.1, 0.15) is 33.1 Å². The minimum atomic E-state index is -0.0782. The molecule has 0 aromatic heterocycles. The summed E-state index contributed by atoms with van der Waals surface area (Å²) in [5.41, 5.74) is 1.47. The summed E-state index contributed by atoms with van der Waals surface area (Å²) in [5, 5.41) is 3.60. The quantitative estimate of drug-likeness (QED) is 0.763. The van der Waals surface area contributed by atoms with Crippen molar-refractivity contribution in [2.24, 2.45) is 11.8 Å². The summed E-state index contributed by atoms with van der Waals surface area (Å²) >= 11 is 0. The van der Waals surface area contributed by atoms with Gasteiger partial charge in [0.2, 0.25) is 0 Å². The molecule has 104 valence electrons. The van der Waals surface area contributed by atoms with Gasteiger partial charge in [0, 0.05) is 26.7 Å². The number of allylic oxidation sites excluding steroid dienone is 2. The Morgan fingerprint density at radius 1 is 1.56 bits per heavy atom. The van der Waals surface area contributed by atoms with Gasteiger partial charge >= 0.3 is 0 Å². The second-order valence-corrected chi connectivity index (χ2v) is 6.12. The van der Waals surface area contributed by atoms with Crippen LogP contribution in [0, 0.1) is 11.8 Å². The molecule has 0 bridgehead atoms. The summed E-state index contributed by atoms with van der Waals surface area (Å²) in [6.45, 7) is 8.15. The van der Waals surface area contributed by atoms with Crippen molar-refractivity contribution in [1.29, 1.82) is 0 Å². The smallest absolute Gasteiger partial charge is 0.106 e. The monoisotopic (exact) mass is 253 g/mol. The predicted octanol–water partition coefficient (Wildman–Crippen LogP) is 2.37. The largest absolute Gasteiger partial charge is 0.378 e. The highest BCUT2D eigenvalue weighted by Crippen LogP contribution is 2.27. The van der Waals surface area contributed by atoms with E-state index in [9.17, 15) is 0 Å². The average molecular weight is 253 g/mol. The topological polar surface area (TPSA) is 30.5 Å². The minimum Gasteiger partial charge on any atom is -0.378 e. The molecule has 3 nitrogen and oxygen atoms in total. The maximum atomic E-state index is 5.63. The van der Waals surface area contributed by atoms with Crippen LogP contribution in [-0.2, 0) is 9.47 Å². The first-order valence-corrected chi connectivity index (χ1v) is 7.14. The average Bonchev–Trinajstić information content (AvgIpc) is 2.77. The first-order chi connectivity index (χ1) is 8.63. The Morgan fingerprint density at radius 3 is 3.00 bits per heavy atom. The number of nitrogens with one attached hydrogen (secondary N) is 1. The third-order valence-electron chi connectivity index (χ3n) is 4.27. The Morgan fingerprint density at radius 2 is 2.39 bits per heavy atom. The van der Waals surface area contributed by atoms with Gasteiger partial charge in [-0.1, -0.05) is 18.6 Å². The standard InChI is InChI=1S/C15H27NO2/c1-12-6-13(2)8-14(7-12)9-16-10-15(17-3)4-5-18-11-15/h6,12,14,16H,4-5,7-11H2,1-3H3. The third kappa shape index (κ3) is 3.56. The molecule has 1 heterocycles. The van der Waals surface area contributed by atoms with E-state index in [1.807, 2.05) is 0 Å². The molecule has 2 aliphatic rings. The lowest BCUT2D eigenvalue weighted by atomic mass is 9.83. The van der Waals surface area contributed by atoms with Gasteiger partial charge in [-0.2, -0.15) is 0 Å². The van der Waals surface area contributed by atoms with Gasteiger partial charge in [-0.05, 0) is 38.1 Å². The highest BCUT2D eigenvalue weighted by atomic mass is 16.5. The molecule has 3 unspecified atom stereocenters. The Kier molecular flexibility index (Phi) is 4.82. The first-order valence-electron chi connectivity index (χ1n) is 7.14. The highest BCUT2D eigenvalue weighted by Gasteiger charge is 2.34. The summed E-state index contributed by atoms with van der Waals surface area (Å²) in [5.74, 6) is 1.51. The van der Waals surface area contributed by atoms with Gasteiger partial charge in [-0.15, -0.1) is 0 Å². The second kappa shape index (κ2) is 6.18. The Balaban J connectivity index is 1.73. The predicted molar refractivity (Wildman–Crippen MR) is 73.7 cm³/mol. The van der Waals surface area contributed by atoms with Crippen molar-refractivity contribution >= 4 is 0 Å². The van der Waals surface area contributed by atoms with Gasteiger partial charge in [0.15, 0.2) is 0 Å². The molecule has 1 aliphatic heterocycles.